The molecule has 0 amide bonds. The summed E-state index contributed by atoms with van der Waals surface area (Å²) in [6.07, 6.45) is 0. The minimum absolute atomic E-state index is 0. The van der Waals surface area contributed by atoms with Gasteiger partial charge in [0.05, 0.1) is 10.6 Å². The van der Waals surface area contributed by atoms with E-state index in [0.717, 1.165) is 5.56 Å². The number of phenolic OH excluding ortho intramolecular Hbond substituents is 1. The topological polar surface area (TPSA) is 66.4 Å². The third-order valence-electron chi connectivity index (χ3n) is 2.92. The molecule has 0 spiro atoms. The number of benzene rings is 2. The van der Waals surface area contributed by atoms with Gasteiger partial charge in [-0.2, -0.15) is 0 Å². The van der Waals surface area contributed by atoms with Crippen LogP contribution in [0.25, 0.3) is 0 Å². The van der Waals surface area contributed by atoms with E-state index < -0.39 is 9.84 Å². The third-order valence-corrected chi connectivity index (χ3v) is 4.65. The fraction of sp³-hybridized carbons (Fsp3) is 0.200. The van der Waals surface area contributed by atoms with E-state index in [2.05, 4.69) is 5.32 Å². The Morgan fingerprint density at radius 1 is 0.952 bits per heavy atom. The fourth-order valence-corrected chi connectivity index (χ4v) is 3.02. The monoisotopic (exact) mass is 327 g/mol. The molecule has 4 nitrogen and oxygen atoms in total. The second-order valence-corrected chi connectivity index (χ2v) is 6.58. The van der Waals surface area contributed by atoms with E-state index in [1.165, 1.54) is 0 Å². The maximum absolute atomic E-state index is 12.0. The highest BCUT2D eigenvalue weighted by molar-refractivity contribution is 7.91. The number of halogens is 1. The van der Waals surface area contributed by atoms with Crippen LogP contribution in [-0.4, -0.2) is 25.8 Å². The Labute approximate surface area is 131 Å². The average Bonchev–Trinajstić information content (AvgIpc) is 2.46. The van der Waals surface area contributed by atoms with Crippen LogP contribution in [0.1, 0.15) is 5.56 Å². The zero-order valence-corrected chi connectivity index (χ0v) is 13.0. The predicted molar refractivity (Wildman–Crippen MR) is 85.6 cm³/mol. The van der Waals surface area contributed by atoms with Crippen LogP contribution in [0.5, 0.6) is 5.75 Å². The lowest BCUT2D eigenvalue weighted by molar-refractivity contribution is 0.475. The first-order chi connectivity index (χ1) is 9.58. The first-order valence-electron chi connectivity index (χ1n) is 6.34. The summed E-state index contributed by atoms with van der Waals surface area (Å²) in [6, 6.07) is 15.3. The van der Waals surface area contributed by atoms with Crippen LogP contribution in [0.2, 0.25) is 0 Å². The summed E-state index contributed by atoms with van der Waals surface area (Å²) in [4.78, 5) is 0.353. The van der Waals surface area contributed by atoms with Crippen molar-refractivity contribution >= 4 is 22.2 Å². The van der Waals surface area contributed by atoms with Crippen molar-refractivity contribution in [1.82, 2.24) is 5.32 Å². The number of sulfone groups is 1. The number of phenols is 1. The van der Waals surface area contributed by atoms with Gasteiger partial charge >= 0.3 is 0 Å². The molecule has 0 aromatic heterocycles. The summed E-state index contributed by atoms with van der Waals surface area (Å²) in [7, 11) is -3.22. The molecule has 6 heteroatoms. The second-order valence-electron chi connectivity index (χ2n) is 4.48. The highest BCUT2D eigenvalue weighted by Gasteiger charge is 2.12. The van der Waals surface area contributed by atoms with Crippen LogP contribution in [-0.2, 0) is 16.4 Å². The molecule has 21 heavy (non-hydrogen) atoms. The van der Waals surface area contributed by atoms with Gasteiger partial charge in [0.1, 0.15) is 5.75 Å². The normalized spacial score (nSPS) is 10.9. The molecule has 2 aromatic rings. The van der Waals surface area contributed by atoms with Crippen molar-refractivity contribution in [3.05, 3.63) is 60.2 Å². The van der Waals surface area contributed by atoms with Crippen LogP contribution < -0.4 is 5.32 Å². The van der Waals surface area contributed by atoms with E-state index in [1.807, 2.05) is 0 Å². The fourth-order valence-electron chi connectivity index (χ4n) is 1.80. The molecule has 0 heterocycles. The Kier molecular flexibility index (Phi) is 6.68. The summed E-state index contributed by atoms with van der Waals surface area (Å²) in [6.45, 7) is 0.961. The first kappa shape index (κ1) is 17.5. The molecule has 114 valence electrons. The smallest absolute Gasteiger partial charge is 0.179 e. The molecule has 0 saturated carbocycles. The molecule has 0 bridgehead atoms. The van der Waals surface area contributed by atoms with Gasteiger partial charge in [0.2, 0.25) is 0 Å². The van der Waals surface area contributed by atoms with Gasteiger partial charge in [-0.25, -0.2) is 8.42 Å². The maximum atomic E-state index is 12.0. The Bertz CT molecular complexity index is 642. The van der Waals surface area contributed by atoms with Gasteiger partial charge in [0.25, 0.3) is 0 Å². The van der Waals surface area contributed by atoms with Crippen LogP contribution in [0.4, 0.5) is 0 Å². The predicted octanol–water partition coefficient (Wildman–Crippen LogP) is 2.38. The van der Waals surface area contributed by atoms with Gasteiger partial charge in [0, 0.05) is 13.1 Å². The third kappa shape index (κ3) is 5.38. The molecular formula is C15H18ClNO3S. The Balaban J connectivity index is 0.00000220. The minimum Gasteiger partial charge on any atom is -0.508 e. The molecule has 0 saturated heterocycles. The van der Waals surface area contributed by atoms with Crippen molar-refractivity contribution in [1.29, 1.82) is 0 Å². The van der Waals surface area contributed by atoms with Crippen molar-refractivity contribution in [3.8, 4) is 5.75 Å². The Hall–Kier alpha value is -1.56. The average molecular weight is 328 g/mol. The van der Waals surface area contributed by atoms with Crippen LogP contribution >= 0.6 is 12.4 Å². The molecule has 0 unspecified atom stereocenters. The van der Waals surface area contributed by atoms with Crippen molar-refractivity contribution in [2.45, 2.75) is 11.4 Å². The highest BCUT2D eigenvalue weighted by atomic mass is 35.5. The molecular weight excluding hydrogens is 310 g/mol. The van der Waals surface area contributed by atoms with Gasteiger partial charge in [-0.15, -0.1) is 12.4 Å². The standard InChI is InChI=1S/C15H17NO3S.ClH/c17-14-8-6-13(7-9-14)12-16-10-11-20(18,19)15-4-2-1-3-5-15;/h1-9,16-17H,10-12H2;1H. The Morgan fingerprint density at radius 3 is 2.19 bits per heavy atom. The summed E-state index contributed by atoms with van der Waals surface area (Å²) in [5.74, 6) is 0.287. The highest BCUT2D eigenvalue weighted by Crippen LogP contribution is 2.10. The summed E-state index contributed by atoms with van der Waals surface area (Å²) in [5, 5.41) is 12.2. The minimum atomic E-state index is -3.22. The van der Waals surface area contributed by atoms with Gasteiger partial charge in [-0.3, -0.25) is 0 Å². The lowest BCUT2D eigenvalue weighted by Gasteiger charge is -2.06. The molecule has 2 aromatic carbocycles. The van der Waals surface area contributed by atoms with E-state index in [4.69, 9.17) is 5.11 Å². The SMILES string of the molecule is Cl.O=S(=O)(CCNCc1ccc(O)cc1)c1ccccc1. The summed E-state index contributed by atoms with van der Waals surface area (Å²) < 4.78 is 24.0. The van der Waals surface area contributed by atoms with Crippen LogP contribution in [0.15, 0.2) is 59.5 Å². The summed E-state index contributed by atoms with van der Waals surface area (Å²) in [5.41, 5.74) is 1.000. The molecule has 0 radical (unpaired) electrons. The molecule has 2 rings (SSSR count). The quantitative estimate of drug-likeness (QED) is 0.799. The van der Waals surface area contributed by atoms with Crippen LogP contribution in [0, 0.1) is 0 Å². The number of hydrogen-bond donors (Lipinski definition) is 2. The number of rotatable bonds is 6. The van der Waals surface area contributed by atoms with E-state index in [9.17, 15) is 8.42 Å². The zero-order valence-electron chi connectivity index (χ0n) is 11.4. The molecule has 0 fully saturated rings. The van der Waals surface area contributed by atoms with Gasteiger partial charge < -0.3 is 10.4 Å². The largest absolute Gasteiger partial charge is 0.508 e. The van der Waals surface area contributed by atoms with Crippen LogP contribution in [0.3, 0.4) is 0 Å². The molecule has 0 aliphatic heterocycles. The van der Waals surface area contributed by atoms with Crippen molar-refractivity contribution in [2.75, 3.05) is 12.3 Å². The molecule has 0 aliphatic carbocycles. The number of nitrogens with one attached hydrogen (secondary N) is 1. The van der Waals surface area contributed by atoms with E-state index >= 15 is 0 Å². The molecule has 2 N–H and O–H groups in total. The van der Waals surface area contributed by atoms with Crippen molar-refractivity contribution < 1.29 is 13.5 Å². The second kappa shape index (κ2) is 8.02. The van der Waals surface area contributed by atoms with E-state index in [1.54, 1.807) is 54.6 Å². The summed E-state index contributed by atoms with van der Waals surface area (Å²) >= 11 is 0. The number of aromatic hydroxyl groups is 1. The Morgan fingerprint density at radius 2 is 1.57 bits per heavy atom. The van der Waals surface area contributed by atoms with E-state index in [0.29, 0.717) is 18.0 Å². The lowest BCUT2D eigenvalue weighted by Crippen LogP contribution is -2.22. The van der Waals surface area contributed by atoms with Gasteiger partial charge in [-0.05, 0) is 29.8 Å². The maximum Gasteiger partial charge on any atom is 0.179 e. The van der Waals surface area contributed by atoms with Gasteiger partial charge in [0.15, 0.2) is 9.84 Å². The van der Waals surface area contributed by atoms with E-state index in [-0.39, 0.29) is 23.9 Å². The van der Waals surface area contributed by atoms with Crippen molar-refractivity contribution in [2.24, 2.45) is 0 Å². The molecule has 0 aliphatic rings. The first-order valence-corrected chi connectivity index (χ1v) is 7.99. The zero-order chi connectivity index (χ0) is 14.4. The lowest BCUT2D eigenvalue weighted by atomic mass is 10.2. The van der Waals surface area contributed by atoms with Gasteiger partial charge in [-0.1, -0.05) is 30.3 Å². The molecule has 0 atom stereocenters. The number of hydrogen-bond acceptors (Lipinski definition) is 4. The van der Waals surface area contributed by atoms with Crippen molar-refractivity contribution in [3.63, 3.8) is 0 Å².